The number of amides is 1. The van der Waals surface area contributed by atoms with Crippen molar-refractivity contribution in [2.24, 2.45) is 11.7 Å². The van der Waals surface area contributed by atoms with E-state index in [1.807, 2.05) is 24.8 Å². The van der Waals surface area contributed by atoms with Crippen molar-refractivity contribution in [2.75, 3.05) is 13.1 Å². The van der Waals surface area contributed by atoms with Crippen LogP contribution in [0, 0.1) is 12.8 Å². The van der Waals surface area contributed by atoms with Gasteiger partial charge in [-0.1, -0.05) is 0 Å². The lowest BCUT2D eigenvalue weighted by Gasteiger charge is -2.17. The van der Waals surface area contributed by atoms with Crippen molar-refractivity contribution in [3.05, 3.63) is 23.7 Å². The zero-order valence-corrected chi connectivity index (χ0v) is 11.0. The number of hydrogen-bond acceptors (Lipinski definition) is 3. The Morgan fingerprint density at radius 2 is 2.35 bits per heavy atom. The Morgan fingerprint density at radius 3 is 2.82 bits per heavy atom. The van der Waals surface area contributed by atoms with Crippen LogP contribution in [0.5, 0.6) is 0 Å². The monoisotopic (exact) mass is 258 g/mol. The molecule has 1 aromatic heterocycles. The number of likely N-dealkylation sites (tertiary alicyclic amines) is 1. The van der Waals surface area contributed by atoms with Gasteiger partial charge in [0.2, 0.25) is 0 Å². The molecule has 1 saturated heterocycles. The first-order chi connectivity index (χ1) is 7.59. The van der Waals surface area contributed by atoms with Gasteiger partial charge in [0.25, 0.3) is 5.91 Å². The van der Waals surface area contributed by atoms with Gasteiger partial charge in [-0.2, -0.15) is 0 Å². The van der Waals surface area contributed by atoms with E-state index < -0.39 is 0 Å². The Morgan fingerprint density at radius 1 is 1.65 bits per heavy atom. The van der Waals surface area contributed by atoms with Crippen LogP contribution in [0.1, 0.15) is 29.5 Å². The number of carbonyl (C=O) groups is 1. The van der Waals surface area contributed by atoms with E-state index >= 15 is 0 Å². The molecule has 2 heterocycles. The van der Waals surface area contributed by atoms with E-state index in [-0.39, 0.29) is 24.4 Å². The summed E-state index contributed by atoms with van der Waals surface area (Å²) in [4.78, 5) is 13.9. The predicted molar refractivity (Wildman–Crippen MR) is 68.4 cm³/mol. The summed E-state index contributed by atoms with van der Waals surface area (Å²) in [7, 11) is 0. The summed E-state index contributed by atoms with van der Waals surface area (Å²) in [5.74, 6) is 0.871. The molecule has 0 radical (unpaired) electrons. The molecule has 5 heteroatoms. The minimum atomic E-state index is -0.00866. The molecule has 0 aromatic carbocycles. The molecule has 2 unspecified atom stereocenters. The lowest BCUT2D eigenvalue weighted by molar-refractivity contribution is 0.0753. The molecule has 2 atom stereocenters. The van der Waals surface area contributed by atoms with Crippen LogP contribution in [0.15, 0.2) is 16.7 Å². The van der Waals surface area contributed by atoms with Crippen molar-refractivity contribution >= 4 is 18.3 Å². The predicted octanol–water partition coefficient (Wildman–Crippen LogP) is 1.82. The van der Waals surface area contributed by atoms with E-state index in [1.54, 1.807) is 6.26 Å². The Kier molecular flexibility index (Phi) is 4.60. The van der Waals surface area contributed by atoms with E-state index in [4.69, 9.17) is 10.2 Å². The van der Waals surface area contributed by atoms with Crippen molar-refractivity contribution in [1.29, 1.82) is 0 Å². The number of halogens is 1. The maximum absolute atomic E-state index is 12.1. The maximum atomic E-state index is 12.1. The van der Waals surface area contributed by atoms with Gasteiger partial charge in [0.05, 0.1) is 6.26 Å². The van der Waals surface area contributed by atoms with Crippen molar-refractivity contribution in [3.63, 3.8) is 0 Å². The Balaban J connectivity index is 0.00000144. The van der Waals surface area contributed by atoms with Gasteiger partial charge in [0.15, 0.2) is 5.76 Å². The molecule has 1 aromatic rings. The fourth-order valence-electron chi connectivity index (χ4n) is 2.14. The van der Waals surface area contributed by atoms with Gasteiger partial charge in [0, 0.05) is 24.7 Å². The average Bonchev–Trinajstić information content (AvgIpc) is 2.84. The number of aryl methyl sites for hydroxylation is 1. The SMILES string of the molecule is Cc1ccoc1C(=O)N1CCC(C(C)N)C1.Cl. The third kappa shape index (κ3) is 2.82. The third-order valence-corrected chi connectivity index (χ3v) is 3.31. The average molecular weight is 259 g/mol. The van der Waals surface area contributed by atoms with Crippen molar-refractivity contribution < 1.29 is 9.21 Å². The normalized spacial score (nSPS) is 21.1. The minimum Gasteiger partial charge on any atom is -0.459 e. The number of nitrogens with two attached hydrogens (primary N) is 1. The molecule has 0 bridgehead atoms. The molecule has 4 nitrogen and oxygen atoms in total. The summed E-state index contributed by atoms with van der Waals surface area (Å²) in [5, 5.41) is 0. The highest BCUT2D eigenvalue weighted by atomic mass is 35.5. The number of nitrogens with zero attached hydrogens (tertiary/aromatic N) is 1. The maximum Gasteiger partial charge on any atom is 0.289 e. The fourth-order valence-corrected chi connectivity index (χ4v) is 2.14. The van der Waals surface area contributed by atoms with Gasteiger partial charge in [-0.25, -0.2) is 0 Å². The van der Waals surface area contributed by atoms with Crippen LogP contribution in [0.2, 0.25) is 0 Å². The van der Waals surface area contributed by atoms with Crippen LogP contribution >= 0.6 is 12.4 Å². The quantitative estimate of drug-likeness (QED) is 0.880. The smallest absolute Gasteiger partial charge is 0.289 e. The van der Waals surface area contributed by atoms with Crippen LogP contribution < -0.4 is 5.73 Å². The van der Waals surface area contributed by atoms with Gasteiger partial charge in [-0.15, -0.1) is 12.4 Å². The highest BCUT2D eigenvalue weighted by Crippen LogP contribution is 2.22. The van der Waals surface area contributed by atoms with Crippen LogP contribution in [0.3, 0.4) is 0 Å². The summed E-state index contributed by atoms with van der Waals surface area (Å²) < 4.78 is 5.21. The lowest BCUT2D eigenvalue weighted by atomic mass is 10.0. The third-order valence-electron chi connectivity index (χ3n) is 3.31. The fraction of sp³-hybridized carbons (Fsp3) is 0.583. The van der Waals surface area contributed by atoms with Gasteiger partial charge >= 0.3 is 0 Å². The van der Waals surface area contributed by atoms with Gasteiger partial charge < -0.3 is 15.1 Å². The van der Waals surface area contributed by atoms with Gasteiger partial charge in [-0.3, -0.25) is 4.79 Å². The molecule has 2 N–H and O–H groups in total. The summed E-state index contributed by atoms with van der Waals surface area (Å²) in [6.07, 6.45) is 2.55. The second kappa shape index (κ2) is 5.56. The second-order valence-electron chi connectivity index (χ2n) is 4.59. The molecule has 1 aliphatic rings. The van der Waals surface area contributed by atoms with Crippen molar-refractivity contribution in [1.82, 2.24) is 4.90 Å². The number of furan rings is 1. The molecular formula is C12H19ClN2O2. The van der Waals surface area contributed by atoms with Crippen molar-refractivity contribution in [3.8, 4) is 0 Å². The molecule has 0 aliphatic carbocycles. The summed E-state index contributed by atoms with van der Waals surface area (Å²) in [6.45, 7) is 5.41. The molecule has 0 spiro atoms. The molecular weight excluding hydrogens is 240 g/mol. The molecule has 1 amide bonds. The zero-order chi connectivity index (χ0) is 11.7. The molecule has 96 valence electrons. The standard InChI is InChI=1S/C12H18N2O2.ClH/c1-8-4-6-16-11(8)12(15)14-5-3-10(7-14)9(2)13;/h4,6,9-10H,3,5,7,13H2,1-2H3;1H. The largest absolute Gasteiger partial charge is 0.459 e. The van der Waals surface area contributed by atoms with Crippen molar-refractivity contribution in [2.45, 2.75) is 26.3 Å². The van der Waals surface area contributed by atoms with Crippen LogP contribution in [0.4, 0.5) is 0 Å². The van der Waals surface area contributed by atoms with E-state index in [1.165, 1.54) is 0 Å². The molecule has 1 fully saturated rings. The number of hydrogen-bond donors (Lipinski definition) is 1. The number of carbonyl (C=O) groups excluding carboxylic acids is 1. The number of rotatable bonds is 2. The highest BCUT2D eigenvalue weighted by Gasteiger charge is 2.30. The van der Waals surface area contributed by atoms with Gasteiger partial charge in [0.1, 0.15) is 0 Å². The van der Waals surface area contributed by atoms with E-state index in [9.17, 15) is 4.79 Å². The van der Waals surface area contributed by atoms with Crippen LogP contribution in [-0.2, 0) is 0 Å². The van der Waals surface area contributed by atoms with E-state index in [0.717, 1.165) is 25.1 Å². The molecule has 0 saturated carbocycles. The highest BCUT2D eigenvalue weighted by molar-refractivity contribution is 5.93. The lowest BCUT2D eigenvalue weighted by Crippen LogP contribution is -2.33. The Labute approximate surface area is 108 Å². The first kappa shape index (κ1) is 14.1. The minimum absolute atomic E-state index is 0. The molecule has 17 heavy (non-hydrogen) atoms. The summed E-state index contributed by atoms with van der Waals surface area (Å²) >= 11 is 0. The first-order valence-corrected chi connectivity index (χ1v) is 5.68. The topological polar surface area (TPSA) is 59.5 Å². The molecule has 1 aliphatic heterocycles. The van der Waals surface area contributed by atoms with E-state index in [0.29, 0.717) is 11.7 Å². The van der Waals surface area contributed by atoms with Crippen LogP contribution in [-0.4, -0.2) is 29.9 Å². The molecule has 2 rings (SSSR count). The van der Waals surface area contributed by atoms with Crippen LogP contribution in [0.25, 0.3) is 0 Å². The second-order valence-corrected chi connectivity index (χ2v) is 4.59. The Bertz CT molecular complexity index is 390. The first-order valence-electron chi connectivity index (χ1n) is 5.68. The summed E-state index contributed by atoms with van der Waals surface area (Å²) in [5.41, 5.74) is 6.74. The van der Waals surface area contributed by atoms with Gasteiger partial charge in [-0.05, 0) is 32.3 Å². The summed E-state index contributed by atoms with van der Waals surface area (Å²) in [6, 6.07) is 1.96. The van der Waals surface area contributed by atoms with E-state index in [2.05, 4.69) is 0 Å². The zero-order valence-electron chi connectivity index (χ0n) is 10.2. The Hall–Kier alpha value is -1.00.